The molecule has 1 aliphatic rings. The van der Waals surface area contributed by atoms with Crippen LogP contribution in [0.4, 0.5) is 5.69 Å². The van der Waals surface area contributed by atoms with Gasteiger partial charge in [-0.3, -0.25) is 19.2 Å². The lowest BCUT2D eigenvalue weighted by Crippen LogP contribution is -2.26. The first-order valence-corrected chi connectivity index (χ1v) is 9.87. The van der Waals surface area contributed by atoms with Crippen LogP contribution >= 0.6 is 12.4 Å². The molecule has 1 aliphatic heterocycles. The summed E-state index contributed by atoms with van der Waals surface area (Å²) in [6.07, 6.45) is 0. The average Bonchev–Trinajstić information content (AvgIpc) is 3.04. The fraction of sp³-hybridized carbons (Fsp3) is 0.150. The van der Waals surface area contributed by atoms with Gasteiger partial charge in [-0.05, 0) is 42.0 Å². The van der Waals surface area contributed by atoms with Gasteiger partial charge in [-0.2, -0.15) is 0 Å². The van der Waals surface area contributed by atoms with Gasteiger partial charge < -0.3 is 20.5 Å². The van der Waals surface area contributed by atoms with Crippen molar-refractivity contribution in [2.75, 3.05) is 24.3 Å². The van der Waals surface area contributed by atoms with E-state index in [4.69, 9.17) is 21.0 Å². The van der Waals surface area contributed by atoms with Crippen LogP contribution in [0.15, 0.2) is 59.2 Å². The minimum absolute atomic E-state index is 0. The molecule has 10 heteroatoms. The van der Waals surface area contributed by atoms with E-state index in [1.165, 1.54) is 7.11 Å². The van der Waals surface area contributed by atoms with E-state index in [1.807, 2.05) is 0 Å². The number of nitrogens with two attached hydrogens (primary N) is 1. The Kier molecular flexibility index (Phi) is 7.36. The van der Waals surface area contributed by atoms with Crippen molar-refractivity contribution in [2.24, 2.45) is 5.73 Å². The zero-order chi connectivity index (χ0) is 21.1. The summed E-state index contributed by atoms with van der Waals surface area (Å²) in [7, 11) is -0.168. The molecule has 0 spiro atoms. The SMILES string of the molecule is COC1=C(c2ccc(S(=O)CC(=O)O)cc2)C(=O)N(c2ccc(C(=N)N)cc2)C1.Cl. The topological polar surface area (TPSA) is 134 Å². The van der Waals surface area contributed by atoms with E-state index in [1.54, 1.807) is 53.4 Å². The molecule has 2 aromatic rings. The maximum absolute atomic E-state index is 13.0. The molecule has 2 aromatic carbocycles. The third-order valence-corrected chi connectivity index (χ3v) is 5.74. The number of methoxy groups -OCH3 is 1. The maximum atomic E-state index is 13.0. The van der Waals surface area contributed by atoms with Gasteiger partial charge >= 0.3 is 5.97 Å². The van der Waals surface area contributed by atoms with Gasteiger partial charge in [-0.1, -0.05) is 12.1 Å². The predicted molar refractivity (Wildman–Crippen MR) is 116 cm³/mol. The number of carboxylic acid groups (broad SMARTS) is 1. The maximum Gasteiger partial charge on any atom is 0.316 e. The number of carboxylic acids is 1. The Bertz CT molecular complexity index is 1040. The monoisotopic (exact) mass is 449 g/mol. The highest BCUT2D eigenvalue weighted by molar-refractivity contribution is 7.85. The van der Waals surface area contributed by atoms with E-state index in [2.05, 4.69) is 0 Å². The molecular formula is C20H20ClN3O5S. The molecule has 0 bridgehead atoms. The van der Waals surface area contributed by atoms with E-state index in [0.29, 0.717) is 33.0 Å². The Morgan fingerprint density at radius 3 is 2.30 bits per heavy atom. The standard InChI is InChI=1S/C20H19N3O5S.ClH/c1-28-16-10-23(14-6-2-13(3-7-14)19(21)22)20(26)18(16)12-4-8-15(9-5-12)29(27)11-17(24)25;/h2-9H,10-11H2,1H3,(H3,21,22)(H,24,25);1H. The largest absolute Gasteiger partial charge is 0.498 e. The Balaban J connectivity index is 0.00000320. The van der Waals surface area contributed by atoms with Gasteiger partial charge in [0.2, 0.25) is 0 Å². The van der Waals surface area contributed by atoms with E-state index in [-0.39, 0.29) is 30.7 Å². The summed E-state index contributed by atoms with van der Waals surface area (Å²) in [4.78, 5) is 25.7. The summed E-state index contributed by atoms with van der Waals surface area (Å²) in [6, 6.07) is 13.1. The summed E-state index contributed by atoms with van der Waals surface area (Å²) in [5, 5.41) is 16.2. The fourth-order valence-corrected chi connectivity index (χ4v) is 3.83. The van der Waals surface area contributed by atoms with Crippen molar-refractivity contribution in [3.05, 3.63) is 65.4 Å². The molecule has 3 rings (SSSR count). The number of hydrogen-bond acceptors (Lipinski definition) is 5. The number of rotatable bonds is 7. The number of carbonyl (C=O) groups is 2. The van der Waals surface area contributed by atoms with Gasteiger partial charge in [0.15, 0.2) is 0 Å². The first kappa shape index (κ1) is 23.1. The number of anilines is 1. The van der Waals surface area contributed by atoms with E-state index in [9.17, 15) is 13.8 Å². The predicted octanol–water partition coefficient (Wildman–Crippen LogP) is 1.99. The molecule has 1 heterocycles. The zero-order valence-corrected chi connectivity index (χ0v) is 17.6. The smallest absolute Gasteiger partial charge is 0.316 e. The molecule has 0 fully saturated rings. The molecule has 1 amide bonds. The van der Waals surface area contributed by atoms with Crippen LogP contribution in [0.5, 0.6) is 0 Å². The Labute approximate surface area is 181 Å². The lowest BCUT2D eigenvalue weighted by molar-refractivity contribution is -0.134. The van der Waals surface area contributed by atoms with Gasteiger partial charge in [0.25, 0.3) is 5.91 Å². The molecular weight excluding hydrogens is 430 g/mol. The number of amides is 1. The first-order chi connectivity index (χ1) is 13.8. The molecule has 0 saturated carbocycles. The highest BCUT2D eigenvalue weighted by atomic mass is 35.5. The van der Waals surface area contributed by atoms with Crippen LogP contribution in [0.1, 0.15) is 11.1 Å². The van der Waals surface area contributed by atoms with Crippen LogP contribution < -0.4 is 10.6 Å². The summed E-state index contributed by atoms with van der Waals surface area (Å²) >= 11 is 0. The lowest BCUT2D eigenvalue weighted by Gasteiger charge is -2.17. The van der Waals surface area contributed by atoms with Crippen molar-refractivity contribution < 1.29 is 23.6 Å². The van der Waals surface area contributed by atoms with Crippen LogP contribution in [0.2, 0.25) is 0 Å². The number of aliphatic carboxylic acids is 1. The van der Waals surface area contributed by atoms with E-state index in [0.717, 1.165) is 0 Å². The number of halogens is 1. The number of nitrogens with zero attached hydrogens (tertiary/aromatic N) is 1. The molecule has 0 radical (unpaired) electrons. The molecule has 30 heavy (non-hydrogen) atoms. The summed E-state index contributed by atoms with van der Waals surface area (Å²) < 4.78 is 17.4. The molecule has 0 aromatic heterocycles. The van der Waals surface area contributed by atoms with Gasteiger partial charge in [0.05, 0.1) is 30.0 Å². The van der Waals surface area contributed by atoms with Crippen LogP contribution in [-0.4, -0.2) is 46.4 Å². The number of amidine groups is 1. The van der Waals surface area contributed by atoms with Crippen LogP contribution in [-0.2, 0) is 25.1 Å². The van der Waals surface area contributed by atoms with Crippen LogP contribution in [0, 0.1) is 5.41 Å². The van der Waals surface area contributed by atoms with Crippen molar-refractivity contribution in [2.45, 2.75) is 4.90 Å². The molecule has 1 unspecified atom stereocenters. The summed E-state index contributed by atoms with van der Waals surface area (Å²) in [5.74, 6) is -1.44. The van der Waals surface area contributed by atoms with Crippen LogP contribution in [0.25, 0.3) is 5.57 Å². The number of ether oxygens (including phenoxy) is 1. The van der Waals surface area contributed by atoms with Gasteiger partial charge in [-0.15, -0.1) is 12.4 Å². The van der Waals surface area contributed by atoms with Crippen molar-refractivity contribution in [3.8, 4) is 0 Å². The second kappa shape index (κ2) is 9.55. The highest BCUT2D eigenvalue weighted by Crippen LogP contribution is 2.32. The minimum Gasteiger partial charge on any atom is -0.498 e. The number of nitrogens with one attached hydrogen (secondary N) is 1. The van der Waals surface area contributed by atoms with Crippen molar-refractivity contribution in [3.63, 3.8) is 0 Å². The number of nitrogen functional groups attached to an aromatic ring is 1. The zero-order valence-electron chi connectivity index (χ0n) is 16.0. The number of hydrogen-bond donors (Lipinski definition) is 3. The third-order valence-electron chi connectivity index (χ3n) is 4.44. The van der Waals surface area contributed by atoms with Crippen molar-refractivity contribution >= 4 is 52.2 Å². The Morgan fingerprint density at radius 1 is 1.20 bits per heavy atom. The highest BCUT2D eigenvalue weighted by Gasteiger charge is 2.33. The third kappa shape index (κ3) is 4.69. The molecule has 0 saturated heterocycles. The quantitative estimate of drug-likeness (QED) is 0.437. The fourth-order valence-electron chi connectivity index (χ4n) is 3.00. The summed E-state index contributed by atoms with van der Waals surface area (Å²) in [5.41, 5.74) is 7.65. The van der Waals surface area contributed by atoms with E-state index < -0.39 is 22.5 Å². The van der Waals surface area contributed by atoms with Gasteiger partial charge in [-0.25, -0.2) is 0 Å². The average molecular weight is 450 g/mol. The minimum atomic E-state index is -1.66. The van der Waals surface area contributed by atoms with Crippen molar-refractivity contribution in [1.29, 1.82) is 5.41 Å². The number of carbonyl (C=O) groups excluding carboxylic acids is 1. The molecule has 8 nitrogen and oxygen atoms in total. The van der Waals surface area contributed by atoms with Gasteiger partial charge in [0, 0.05) is 16.1 Å². The summed E-state index contributed by atoms with van der Waals surface area (Å²) in [6.45, 7) is 0.247. The second-order valence-corrected chi connectivity index (χ2v) is 7.71. The van der Waals surface area contributed by atoms with Crippen LogP contribution in [0.3, 0.4) is 0 Å². The molecule has 4 N–H and O–H groups in total. The van der Waals surface area contributed by atoms with E-state index >= 15 is 0 Å². The Hall–Kier alpha value is -3.17. The second-order valence-electron chi connectivity index (χ2n) is 6.26. The van der Waals surface area contributed by atoms with Crippen molar-refractivity contribution in [1.82, 2.24) is 0 Å². The Morgan fingerprint density at radius 2 is 1.80 bits per heavy atom. The molecule has 158 valence electrons. The molecule has 1 atom stereocenters. The normalized spacial score (nSPS) is 14.3. The molecule has 0 aliphatic carbocycles. The number of benzene rings is 2. The van der Waals surface area contributed by atoms with Gasteiger partial charge in [0.1, 0.15) is 17.3 Å². The lowest BCUT2D eigenvalue weighted by atomic mass is 10.1. The first-order valence-electron chi connectivity index (χ1n) is 8.56.